The van der Waals surface area contributed by atoms with Gasteiger partial charge in [-0.3, -0.25) is 9.78 Å². The van der Waals surface area contributed by atoms with E-state index in [0.717, 1.165) is 22.4 Å². The molecule has 0 N–H and O–H groups in total. The number of amides is 1. The molecular formula is C31H33ClN6O2. The highest BCUT2D eigenvalue weighted by molar-refractivity contribution is 6.34. The Hall–Kier alpha value is -4.04. The number of carbonyl (C=O) groups is 1. The van der Waals surface area contributed by atoms with E-state index >= 15 is 0 Å². The van der Waals surface area contributed by atoms with E-state index in [1.54, 1.807) is 15.7 Å². The lowest BCUT2D eigenvalue weighted by atomic mass is 10.0. The molecule has 1 aliphatic rings. The van der Waals surface area contributed by atoms with Gasteiger partial charge in [0.15, 0.2) is 5.65 Å². The number of fused-ring (bicyclic) bond motifs is 1. The van der Waals surface area contributed by atoms with Gasteiger partial charge < -0.3 is 9.80 Å². The van der Waals surface area contributed by atoms with Crippen molar-refractivity contribution in [3.63, 3.8) is 0 Å². The highest BCUT2D eigenvalue weighted by atomic mass is 35.5. The van der Waals surface area contributed by atoms with Crippen LogP contribution in [0.5, 0.6) is 0 Å². The SMILES string of the molecule is C=CC(=O)N1CCN(c2nc(=O)n(-c3c(C)ccnc3C(C)C)c3nc(-c4ccccc4C)c(Cl)cc23)[C@@H](C)C1. The Morgan fingerprint density at radius 3 is 2.55 bits per heavy atom. The molecule has 0 aliphatic carbocycles. The van der Waals surface area contributed by atoms with Crippen molar-refractivity contribution in [3.8, 4) is 16.9 Å². The van der Waals surface area contributed by atoms with Crippen molar-refractivity contribution < 1.29 is 4.79 Å². The number of pyridine rings is 2. The molecule has 1 amide bonds. The van der Waals surface area contributed by atoms with Gasteiger partial charge in [-0.15, -0.1) is 0 Å². The summed E-state index contributed by atoms with van der Waals surface area (Å²) in [5, 5.41) is 1.13. The van der Waals surface area contributed by atoms with Gasteiger partial charge in [0.1, 0.15) is 5.82 Å². The van der Waals surface area contributed by atoms with Gasteiger partial charge >= 0.3 is 5.69 Å². The molecule has 0 bridgehead atoms. The van der Waals surface area contributed by atoms with Crippen molar-refractivity contribution >= 4 is 34.4 Å². The zero-order chi connectivity index (χ0) is 28.7. The normalized spacial score (nSPS) is 15.6. The standard InChI is InChI=1S/C31H33ClN6O2/c1-7-25(39)36-14-15-37(21(6)17-36)29-23-16-24(32)27(22-11-9-8-10-19(22)4)34-30(23)38(31(40)35-29)28-20(5)12-13-33-26(28)18(2)3/h7-13,16,18,21H,1,14-15,17H2,2-6H3/t21-/m0/s1. The van der Waals surface area contributed by atoms with Crippen LogP contribution < -0.4 is 10.6 Å². The van der Waals surface area contributed by atoms with E-state index in [1.165, 1.54) is 6.08 Å². The summed E-state index contributed by atoms with van der Waals surface area (Å²) in [6.45, 7) is 15.2. The van der Waals surface area contributed by atoms with Crippen molar-refractivity contribution in [3.05, 3.63) is 87.6 Å². The lowest BCUT2D eigenvalue weighted by molar-refractivity contribution is -0.126. The molecule has 1 atom stereocenters. The first kappa shape index (κ1) is 27.5. The summed E-state index contributed by atoms with van der Waals surface area (Å²) in [7, 11) is 0. The Kier molecular flexibility index (Phi) is 7.47. The Balaban J connectivity index is 1.81. The summed E-state index contributed by atoms with van der Waals surface area (Å²) in [6.07, 6.45) is 3.09. The van der Waals surface area contributed by atoms with Gasteiger partial charge in [-0.2, -0.15) is 4.98 Å². The summed E-state index contributed by atoms with van der Waals surface area (Å²) >= 11 is 6.92. The minimum Gasteiger partial charge on any atom is -0.350 e. The maximum atomic E-state index is 14.0. The molecule has 1 aliphatic heterocycles. The smallest absolute Gasteiger partial charge is 0.350 e. The molecule has 206 valence electrons. The molecule has 40 heavy (non-hydrogen) atoms. The monoisotopic (exact) mass is 556 g/mol. The van der Waals surface area contributed by atoms with Crippen molar-refractivity contribution in [2.24, 2.45) is 0 Å². The topological polar surface area (TPSA) is 84.2 Å². The Labute approximate surface area is 239 Å². The molecule has 4 heterocycles. The van der Waals surface area contributed by atoms with E-state index in [-0.39, 0.29) is 17.9 Å². The second-order valence-corrected chi connectivity index (χ2v) is 11.0. The summed E-state index contributed by atoms with van der Waals surface area (Å²) in [4.78, 5) is 44.4. The van der Waals surface area contributed by atoms with Crippen LogP contribution in [0.3, 0.4) is 0 Å². The van der Waals surface area contributed by atoms with Gasteiger partial charge in [0, 0.05) is 37.4 Å². The Bertz CT molecular complexity index is 1700. The summed E-state index contributed by atoms with van der Waals surface area (Å²) in [6, 6.07) is 11.6. The molecule has 8 nitrogen and oxygen atoms in total. The van der Waals surface area contributed by atoms with Gasteiger partial charge in [-0.1, -0.05) is 56.3 Å². The molecular weight excluding hydrogens is 524 g/mol. The molecule has 1 saturated heterocycles. The maximum absolute atomic E-state index is 14.0. The molecule has 0 spiro atoms. The number of halogens is 1. The highest BCUT2D eigenvalue weighted by Gasteiger charge is 2.30. The fourth-order valence-electron chi connectivity index (χ4n) is 5.44. The zero-order valence-corrected chi connectivity index (χ0v) is 24.2. The van der Waals surface area contributed by atoms with E-state index in [4.69, 9.17) is 16.6 Å². The molecule has 1 fully saturated rings. The van der Waals surface area contributed by atoms with Crippen LogP contribution in [0, 0.1) is 13.8 Å². The lowest BCUT2D eigenvalue weighted by Gasteiger charge is -2.40. The average Bonchev–Trinajstić information content (AvgIpc) is 2.93. The predicted molar refractivity (Wildman–Crippen MR) is 161 cm³/mol. The first-order valence-electron chi connectivity index (χ1n) is 13.5. The van der Waals surface area contributed by atoms with Crippen molar-refractivity contribution in [2.75, 3.05) is 24.5 Å². The molecule has 4 aromatic rings. The minimum absolute atomic E-state index is 0.0650. The van der Waals surface area contributed by atoms with Gasteiger partial charge in [0.05, 0.1) is 27.5 Å². The van der Waals surface area contributed by atoms with Gasteiger partial charge in [0.2, 0.25) is 5.91 Å². The van der Waals surface area contributed by atoms with E-state index in [1.807, 2.05) is 57.2 Å². The maximum Gasteiger partial charge on any atom is 0.355 e. The number of aryl methyl sites for hydroxylation is 2. The lowest BCUT2D eigenvalue weighted by Crippen LogP contribution is -2.54. The minimum atomic E-state index is -0.442. The van der Waals surface area contributed by atoms with Crippen molar-refractivity contribution in [1.82, 2.24) is 24.4 Å². The first-order chi connectivity index (χ1) is 19.1. The van der Waals surface area contributed by atoms with Crippen LogP contribution in [0.1, 0.15) is 43.5 Å². The Morgan fingerprint density at radius 2 is 1.88 bits per heavy atom. The van der Waals surface area contributed by atoms with Crippen molar-refractivity contribution in [2.45, 2.75) is 46.6 Å². The molecule has 0 unspecified atom stereocenters. The number of hydrogen-bond acceptors (Lipinski definition) is 6. The third-order valence-corrected chi connectivity index (χ3v) is 7.80. The summed E-state index contributed by atoms with van der Waals surface area (Å²) in [5.74, 6) is 0.462. The number of nitrogens with zero attached hydrogens (tertiary/aromatic N) is 6. The number of piperazine rings is 1. The van der Waals surface area contributed by atoms with Crippen LogP contribution >= 0.6 is 11.6 Å². The van der Waals surface area contributed by atoms with E-state index in [2.05, 4.69) is 35.3 Å². The summed E-state index contributed by atoms with van der Waals surface area (Å²) < 4.78 is 1.58. The van der Waals surface area contributed by atoms with Gasteiger partial charge in [-0.05, 0) is 56.0 Å². The molecule has 9 heteroatoms. The van der Waals surface area contributed by atoms with Crippen LogP contribution in [0.2, 0.25) is 5.02 Å². The predicted octanol–water partition coefficient (Wildman–Crippen LogP) is 5.46. The van der Waals surface area contributed by atoms with E-state index < -0.39 is 5.69 Å². The first-order valence-corrected chi connectivity index (χ1v) is 13.8. The zero-order valence-electron chi connectivity index (χ0n) is 23.5. The second kappa shape index (κ2) is 10.8. The molecule has 0 saturated carbocycles. The van der Waals surface area contributed by atoms with Crippen LogP contribution in [0.15, 0.2) is 60.0 Å². The van der Waals surface area contributed by atoms with Crippen LogP contribution in [0.4, 0.5) is 5.82 Å². The number of carbonyl (C=O) groups excluding carboxylic acids is 1. The van der Waals surface area contributed by atoms with Crippen LogP contribution in [0.25, 0.3) is 28.0 Å². The number of aromatic nitrogens is 4. The van der Waals surface area contributed by atoms with Crippen LogP contribution in [-0.4, -0.2) is 56.0 Å². The molecule has 5 rings (SSSR count). The molecule has 1 aromatic carbocycles. The Morgan fingerprint density at radius 1 is 1.12 bits per heavy atom. The van der Waals surface area contributed by atoms with Crippen LogP contribution in [-0.2, 0) is 4.79 Å². The summed E-state index contributed by atoms with van der Waals surface area (Å²) in [5.41, 5.74) is 4.91. The third-order valence-electron chi connectivity index (χ3n) is 7.51. The van der Waals surface area contributed by atoms with E-state index in [9.17, 15) is 9.59 Å². The quantitative estimate of drug-likeness (QED) is 0.304. The largest absolute Gasteiger partial charge is 0.355 e. The molecule has 3 aromatic heterocycles. The number of hydrogen-bond donors (Lipinski definition) is 0. The van der Waals surface area contributed by atoms with E-state index in [0.29, 0.717) is 52.9 Å². The van der Waals surface area contributed by atoms with Gasteiger partial charge in [-0.25, -0.2) is 14.3 Å². The number of anilines is 1. The number of benzene rings is 1. The average molecular weight is 557 g/mol. The van der Waals surface area contributed by atoms with Crippen molar-refractivity contribution in [1.29, 1.82) is 0 Å². The highest BCUT2D eigenvalue weighted by Crippen LogP contribution is 2.36. The third kappa shape index (κ3) is 4.77. The second-order valence-electron chi connectivity index (χ2n) is 10.6. The number of rotatable bonds is 5. The van der Waals surface area contributed by atoms with Gasteiger partial charge in [0.25, 0.3) is 0 Å². The fourth-order valence-corrected chi connectivity index (χ4v) is 5.69. The molecule has 0 radical (unpaired) electrons. The fraction of sp³-hybridized carbons (Fsp3) is 0.323.